The summed E-state index contributed by atoms with van der Waals surface area (Å²) in [5.41, 5.74) is 2.33. The molecule has 2 heterocycles. The van der Waals surface area contributed by atoms with Crippen LogP contribution in [0.1, 0.15) is 40.0 Å². The van der Waals surface area contributed by atoms with Crippen molar-refractivity contribution < 1.29 is 9.53 Å². The van der Waals surface area contributed by atoms with Crippen LogP contribution in [0.15, 0.2) is 59.8 Å². The number of ether oxygens (including phenoxy) is 1. The Labute approximate surface area is 205 Å². The van der Waals surface area contributed by atoms with Crippen molar-refractivity contribution in [2.24, 2.45) is 10.8 Å². The zero-order valence-corrected chi connectivity index (χ0v) is 21.1. The van der Waals surface area contributed by atoms with Crippen molar-refractivity contribution in [3.8, 4) is 22.8 Å². The Kier molecular flexibility index (Phi) is 5.92. The van der Waals surface area contributed by atoms with Crippen molar-refractivity contribution in [3.05, 3.63) is 54.6 Å². The van der Waals surface area contributed by atoms with E-state index in [4.69, 9.17) is 4.74 Å². The molecule has 2 bridgehead atoms. The Hall–Kier alpha value is -2.80. The molecule has 1 saturated carbocycles. The molecule has 1 aliphatic carbocycles. The number of amides is 1. The maximum atomic E-state index is 13.4. The van der Waals surface area contributed by atoms with E-state index in [-0.39, 0.29) is 16.7 Å². The molecule has 5 rings (SSSR count). The number of para-hydroxylation sites is 2. The van der Waals surface area contributed by atoms with Crippen LogP contribution in [0, 0.1) is 10.8 Å². The summed E-state index contributed by atoms with van der Waals surface area (Å²) in [7, 11) is 1.66. The summed E-state index contributed by atoms with van der Waals surface area (Å²) in [4.78, 5) is 15.5. The van der Waals surface area contributed by atoms with Gasteiger partial charge in [-0.15, -0.1) is 10.2 Å². The first-order valence-corrected chi connectivity index (χ1v) is 12.8. The lowest BCUT2D eigenvalue weighted by molar-refractivity contribution is -0.129. The Morgan fingerprint density at radius 3 is 2.56 bits per heavy atom. The number of rotatable bonds is 6. The van der Waals surface area contributed by atoms with Crippen molar-refractivity contribution in [3.63, 3.8) is 0 Å². The number of nitrogens with zero attached hydrogens (tertiary/aromatic N) is 4. The summed E-state index contributed by atoms with van der Waals surface area (Å²) < 4.78 is 7.64. The first kappa shape index (κ1) is 23.0. The molecule has 1 saturated heterocycles. The van der Waals surface area contributed by atoms with Gasteiger partial charge in [0.15, 0.2) is 11.0 Å². The third-order valence-corrected chi connectivity index (χ3v) is 7.97. The van der Waals surface area contributed by atoms with E-state index in [1.807, 2.05) is 59.2 Å². The number of thioether (sulfide) groups is 1. The number of benzene rings is 2. The quantitative estimate of drug-likeness (QED) is 0.442. The summed E-state index contributed by atoms with van der Waals surface area (Å²) in [6.45, 7) is 7.86. The fraction of sp³-hybridized carbons (Fsp3) is 0.444. The number of likely N-dealkylation sites (tertiary alicyclic amines) is 1. The van der Waals surface area contributed by atoms with Crippen LogP contribution in [0.5, 0.6) is 5.75 Å². The normalized spacial score (nSPS) is 23.2. The number of fused-ring (bicyclic) bond motifs is 2. The van der Waals surface area contributed by atoms with Gasteiger partial charge in [0.05, 0.1) is 18.6 Å². The van der Waals surface area contributed by atoms with Crippen LogP contribution in [0.3, 0.4) is 0 Å². The van der Waals surface area contributed by atoms with Crippen LogP contribution in [-0.4, -0.2) is 51.0 Å². The predicted molar refractivity (Wildman–Crippen MR) is 135 cm³/mol. The van der Waals surface area contributed by atoms with Crippen LogP contribution >= 0.6 is 11.8 Å². The van der Waals surface area contributed by atoms with Crippen LogP contribution < -0.4 is 4.74 Å². The standard InChI is InChI=1S/C27H32N4O2S/c1-26(2)14-20-15-27(3,17-26)18-30(20)23(32)16-34-25-29-28-24(19-10-6-5-7-11-19)31(25)21-12-8-9-13-22(21)33-4/h5-13,20H,14-18H2,1-4H3. The first-order valence-electron chi connectivity index (χ1n) is 11.9. The summed E-state index contributed by atoms with van der Waals surface area (Å²) >= 11 is 1.45. The lowest BCUT2D eigenvalue weighted by Crippen LogP contribution is -2.38. The number of hydrogen-bond donors (Lipinski definition) is 0. The van der Waals surface area contributed by atoms with E-state index in [1.54, 1.807) is 7.11 Å². The molecule has 2 unspecified atom stereocenters. The number of carbonyl (C=O) groups is 1. The van der Waals surface area contributed by atoms with Crippen molar-refractivity contribution in [2.45, 2.75) is 51.2 Å². The largest absolute Gasteiger partial charge is 0.495 e. The summed E-state index contributed by atoms with van der Waals surface area (Å²) in [6.07, 6.45) is 3.37. The van der Waals surface area contributed by atoms with Crippen LogP contribution in [0.4, 0.5) is 0 Å². The second-order valence-electron chi connectivity index (χ2n) is 10.7. The zero-order chi connectivity index (χ0) is 23.9. The molecule has 2 atom stereocenters. The molecular weight excluding hydrogens is 444 g/mol. The van der Waals surface area contributed by atoms with Crippen molar-refractivity contribution >= 4 is 17.7 Å². The van der Waals surface area contributed by atoms with Gasteiger partial charge in [0.2, 0.25) is 5.91 Å². The molecule has 1 aromatic heterocycles. The number of aromatic nitrogens is 3. The second-order valence-corrected chi connectivity index (χ2v) is 11.6. The molecule has 1 aliphatic heterocycles. The minimum absolute atomic E-state index is 0.187. The molecular formula is C27H32N4O2S. The van der Waals surface area contributed by atoms with E-state index in [9.17, 15) is 4.79 Å². The zero-order valence-electron chi connectivity index (χ0n) is 20.3. The van der Waals surface area contributed by atoms with E-state index >= 15 is 0 Å². The summed E-state index contributed by atoms with van der Waals surface area (Å²) in [5.74, 6) is 1.99. The third kappa shape index (κ3) is 4.33. The highest BCUT2D eigenvalue weighted by atomic mass is 32.2. The highest BCUT2D eigenvalue weighted by molar-refractivity contribution is 7.99. The molecule has 0 N–H and O–H groups in total. The van der Waals surface area contributed by atoms with Gasteiger partial charge in [-0.3, -0.25) is 9.36 Å². The molecule has 2 aliphatic rings. The molecule has 2 fully saturated rings. The maximum Gasteiger partial charge on any atom is 0.233 e. The lowest BCUT2D eigenvalue weighted by Gasteiger charge is -2.39. The Morgan fingerprint density at radius 2 is 1.79 bits per heavy atom. The predicted octanol–water partition coefficient (Wildman–Crippen LogP) is 5.46. The van der Waals surface area contributed by atoms with E-state index < -0.39 is 0 Å². The fourth-order valence-electron chi connectivity index (χ4n) is 6.13. The minimum Gasteiger partial charge on any atom is -0.495 e. The average molecular weight is 477 g/mol. The highest BCUT2D eigenvalue weighted by Gasteiger charge is 2.50. The minimum atomic E-state index is 0.187. The van der Waals surface area contributed by atoms with Gasteiger partial charge in [0, 0.05) is 18.2 Å². The molecule has 2 aromatic carbocycles. The first-order chi connectivity index (χ1) is 16.3. The summed E-state index contributed by atoms with van der Waals surface area (Å²) in [6, 6.07) is 18.2. The molecule has 3 aromatic rings. The van der Waals surface area contributed by atoms with Gasteiger partial charge in [0.1, 0.15) is 5.75 Å². The number of carbonyl (C=O) groups excluding carboxylic acids is 1. The van der Waals surface area contributed by atoms with Crippen LogP contribution in [-0.2, 0) is 4.79 Å². The SMILES string of the molecule is COc1ccccc1-n1c(SCC(=O)N2CC3(C)CC2CC(C)(C)C3)nnc1-c1ccccc1. The second kappa shape index (κ2) is 8.77. The maximum absolute atomic E-state index is 13.4. The van der Waals surface area contributed by atoms with Crippen molar-refractivity contribution in [1.82, 2.24) is 19.7 Å². The Balaban J connectivity index is 1.43. The number of methoxy groups -OCH3 is 1. The van der Waals surface area contributed by atoms with E-state index in [2.05, 4.69) is 35.9 Å². The van der Waals surface area contributed by atoms with Crippen molar-refractivity contribution in [1.29, 1.82) is 0 Å². The van der Waals surface area contributed by atoms with Crippen LogP contribution in [0.25, 0.3) is 17.1 Å². The average Bonchev–Trinajstić information content (AvgIpc) is 3.35. The molecule has 1 amide bonds. The van der Waals surface area contributed by atoms with Gasteiger partial charge in [-0.05, 0) is 42.2 Å². The van der Waals surface area contributed by atoms with Gasteiger partial charge in [-0.25, -0.2) is 0 Å². The van der Waals surface area contributed by atoms with Crippen LogP contribution in [0.2, 0.25) is 0 Å². The molecule has 7 heteroatoms. The molecule has 0 radical (unpaired) electrons. The monoisotopic (exact) mass is 476 g/mol. The van der Waals surface area contributed by atoms with Gasteiger partial charge >= 0.3 is 0 Å². The molecule has 34 heavy (non-hydrogen) atoms. The van der Waals surface area contributed by atoms with E-state index in [0.29, 0.717) is 17.0 Å². The Morgan fingerprint density at radius 1 is 1.06 bits per heavy atom. The lowest BCUT2D eigenvalue weighted by atomic mass is 9.65. The summed E-state index contributed by atoms with van der Waals surface area (Å²) in [5, 5.41) is 9.69. The van der Waals surface area contributed by atoms with Gasteiger partial charge in [0.25, 0.3) is 0 Å². The fourth-order valence-corrected chi connectivity index (χ4v) is 6.96. The topological polar surface area (TPSA) is 60.2 Å². The Bertz CT molecular complexity index is 1190. The smallest absolute Gasteiger partial charge is 0.233 e. The third-order valence-electron chi connectivity index (χ3n) is 7.05. The van der Waals surface area contributed by atoms with E-state index in [1.165, 1.54) is 18.2 Å². The van der Waals surface area contributed by atoms with E-state index in [0.717, 1.165) is 42.2 Å². The molecule has 6 nitrogen and oxygen atoms in total. The van der Waals surface area contributed by atoms with Crippen molar-refractivity contribution in [2.75, 3.05) is 19.4 Å². The molecule has 0 spiro atoms. The van der Waals surface area contributed by atoms with Gasteiger partial charge < -0.3 is 9.64 Å². The number of hydrogen-bond acceptors (Lipinski definition) is 5. The highest BCUT2D eigenvalue weighted by Crippen LogP contribution is 2.52. The molecule has 178 valence electrons. The van der Waals surface area contributed by atoms with Gasteiger partial charge in [-0.2, -0.15) is 0 Å². The van der Waals surface area contributed by atoms with Gasteiger partial charge in [-0.1, -0.05) is 75.0 Å².